The second-order valence-electron chi connectivity index (χ2n) is 7.25. The van der Waals surface area contributed by atoms with Crippen LogP contribution in [-0.2, 0) is 11.3 Å². The minimum Gasteiger partial charge on any atom is -0.387 e. The van der Waals surface area contributed by atoms with Gasteiger partial charge >= 0.3 is 0 Å². The van der Waals surface area contributed by atoms with Crippen LogP contribution in [0.4, 0.5) is 0 Å². The Balaban J connectivity index is 2.02. The van der Waals surface area contributed by atoms with Crippen LogP contribution < -0.4 is 5.73 Å². The SMILES string of the molecule is CC1(C)CN(CC(O)c2ccc(CN)cc2)CC(C)(C)O1. The lowest BCUT2D eigenvalue weighted by Gasteiger charge is -2.47. The highest BCUT2D eigenvalue weighted by atomic mass is 16.5. The van der Waals surface area contributed by atoms with E-state index in [4.69, 9.17) is 10.5 Å². The van der Waals surface area contributed by atoms with Crippen molar-refractivity contribution >= 4 is 0 Å². The number of hydrogen-bond donors (Lipinski definition) is 2. The van der Waals surface area contributed by atoms with Gasteiger partial charge < -0.3 is 15.6 Å². The molecule has 1 aromatic rings. The normalized spacial score (nSPS) is 23.0. The van der Waals surface area contributed by atoms with E-state index >= 15 is 0 Å². The maximum atomic E-state index is 10.5. The summed E-state index contributed by atoms with van der Waals surface area (Å²) in [4.78, 5) is 2.28. The number of aliphatic hydroxyl groups excluding tert-OH is 1. The Morgan fingerprint density at radius 1 is 1.14 bits per heavy atom. The number of ether oxygens (including phenoxy) is 1. The van der Waals surface area contributed by atoms with Gasteiger partial charge in [0.1, 0.15) is 0 Å². The van der Waals surface area contributed by atoms with Crippen LogP contribution in [0.1, 0.15) is 44.9 Å². The average Bonchev–Trinajstić information content (AvgIpc) is 2.35. The molecular formula is C17H28N2O2. The van der Waals surface area contributed by atoms with Gasteiger partial charge in [-0.1, -0.05) is 24.3 Å². The van der Waals surface area contributed by atoms with Crippen LogP contribution in [0.5, 0.6) is 0 Å². The van der Waals surface area contributed by atoms with E-state index < -0.39 is 6.10 Å². The lowest BCUT2D eigenvalue weighted by Crippen LogP contribution is -2.57. The molecule has 1 unspecified atom stereocenters. The number of β-amino-alcohol motifs (C(OH)–C–C–N with tert-alkyl or cyclic N) is 1. The lowest BCUT2D eigenvalue weighted by molar-refractivity contribution is -0.183. The van der Waals surface area contributed by atoms with Gasteiger partial charge in [-0.15, -0.1) is 0 Å². The molecule has 0 bridgehead atoms. The molecule has 1 heterocycles. The average molecular weight is 292 g/mol. The molecule has 118 valence electrons. The third kappa shape index (κ3) is 4.51. The molecule has 1 aliphatic heterocycles. The molecule has 1 aromatic carbocycles. The summed E-state index contributed by atoms with van der Waals surface area (Å²) >= 11 is 0. The molecular weight excluding hydrogens is 264 g/mol. The van der Waals surface area contributed by atoms with Gasteiger partial charge in [0.15, 0.2) is 0 Å². The Kier molecular flexibility index (Phi) is 4.73. The quantitative estimate of drug-likeness (QED) is 0.892. The first-order chi connectivity index (χ1) is 9.71. The Hall–Kier alpha value is -0.940. The van der Waals surface area contributed by atoms with Crippen molar-refractivity contribution in [1.82, 2.24) is 4.90 Å². The van der Waals surface area contributed by atoms with E-state index in [1.54, 1.807) is 0 Å². The zero-order valence-corrected chi connectivity index (χ0v) is 13.6. The first-order valence-corrected chi connectivity index (χ1v) is 7.60. The van der Waals surface area contributed by atoms with Crippen molar-refractivity contribution in [1.29, 1.82) is 0 Å². The molecule has 1 aliphatic rings. The number of benzene rings is 1. The fourth-order valence-electron chi connectivity index (χ4n) is 3.30. The first kappa shape index (κ1) is 16.4. The zero-order chi connectivity index (χ0) is 15.7. The van der Waals surface area contributed by atoms with Crippen LogP contribution >= 0.6 is 0 Å². The van der Waals surface area contributed by atoms with Crippen LogP contribution in [0.3, 0.4) is 0 Å². The Labute approximate surface area is 127 Å². The second kappa shape index (κ2) is 6.05. The first-order valence-electron chi connectivity index (χ1n) is 7.60. The minimum atomic E-state index is -0.485. The highest BCUT2D eigenvalue weighted by Gasteiger charge is 2.38. The van der Waals surface area contributed by atoms with Crippen molar-refractivity contribution < 1.29 is 9.84 Å². The number of morpholine rings is 1. The van der Waals surface area contributed by atoms with Gasteiger partial charge in [0.2, 0.25) is 0 Å². The van der Waals surface area contributed by atoms with Crippen molar-refractivity contribution in [2.75, 3.05) is 19.6 Å². The third-order valence-corrected chi connectivity index (χ3v) is 3.79. The van der Waals surface area contributed by atoms with Crippen molar-refractivity contribution in [3.8, 4) is 0 Å². The summed E-state index contributed by atoms with van der Waals surface area (Å²) in [7, 11) is 0. The maximum absolute atomic E-state index is 10.5. The summed E-state index contributed by atoms with van der Waals surface area (Å²) in [6.07, 6.45) is -0.485. The van der Waals surface area contributed by atoms with E-state index in [0.717, 1.165) is 24.2 Å². The van der Waals surface area contributed by atoms with E-state index in [-0.39, 0.29) is 11.2 Å². The van der Waals surface area contributed by atoms with E-state index in [1.807, 2.05) is 24.3 Å². The smallest absolute Gasteiger partial charge is 0.0916 e. The van der Waals surface area contributed by atoms with E-state index in [1.165, 1.54) is 0 Å². The van der Waals surface area contributed by atoms with Gasteiger partial charge in [-0.2, -0.15) is 0 Å². The van der Waals surface area contributed by atoms with E-state index in [9.17, 15) is 5.11 Å². The van der Waals surface area contributed by atoms with Crippen LogP contribution in [0.2, 0.25) is 0 Å². The molecule has 1 fully saturated rings. The number of aliphatic hydroxyl groups is 1. The topological polar surface area (TPSA) is 58.7 Å². The molecule has 0 aromatic heterocycles. The monoisotopic (exact) mass is 292 g/mol. The van der Waals surface area contributed by atoms with Gasteiger partial charge in [-0.05, 0) is 38.8 Å². The molecule has 2 rings (SSSR count). The van der Waals surface area contributed by atoms with E-state index in [0.29, 0.717) is 13.1 Å². The largest absolute Gasteiger partial charge is 0.387 e. The number of hydrogen-bond acceptors (Lipinski definition) is 4. The molecule has 1 saturated heterocycles. The molecule has 3 N–H and O–H groups in total. The molecule has 1 atom stereocenters. The van der Waals surface area contributed by atoms with Crippen molar-refractivity contribution in [3.05, 3.63) is 35.4 Å². The van der Waals surface area contributed by atoms with Crippen molar-refractivity contribution in [2.45, 2.75) is 51.5 Å². The lowest BCUT2D eigenvalue weighted by atomic mass is 9.98. The van der Waals surface area contributed by atoms with Gasteiger partial charge in [0.25, 0.3) is 0 Å². The predicted octanol–water partition coefficient (Wildman–Crippen LogP) is 2.07. The highest BCUT2D eigenvalue weighted by Crippen LogP contribution is 2.29. The van der Waals surface area contributed by atoms with E-state index in [2.05, 4.69) is 32.6 Å². The summed E-state index contributed by atoms with van der Waals surface area (Å²) < 4.78 is 6.07. The summed E-state index contributed by atoms with van der Waals surface area (Å²) in [5.41, 5.74) is 7.24. The summed E-state index contributed by atoms with van der Waals surface area (Å²) in [6, 6.07) is 7.88. The van der Waals surface area contributed by atoms with Crippen LogP contribution in [-0.4, -0.2) is 40.8 Å². The fraction of sp³-hybridized carbons (Fsp3) is 0.647. The van der Waals surface area contributed by atoms with Gasteiger partial charge in [0.05, 0.1) is 17.3 Å². The van der Waals surface area contributed by atoms with Crippen LogP contribution in [0.25, 0.3) is 0 Å². The van der Waals surface area contributed by atoms with Gasteiger partial charge in [0, 0.05) is 26.2 Å². The Morgan fingerprint density at radius 2 is 1.67 bits per heavy atom. The fourth-order valence-corrected chi connectivity index (χ4v) is 3.30. The molecule has 0 radical (unpaired) electrons. The maximum Gasteiger partial charge on any atom is 0.0916 e. The Bertz CT molecular complexity index is 452. The molecule has 0 aliphatic carbocycles. The Morgan fingerprint density at radius 3 is 2.14 bits per heavy atom. The third-order valence-electron chi connectivity index (χ3n) is 3.79. The summed E-state index contributed by atoms with van der Waals surface area (Å²) in [6.45, 7) is 11.2. The van der Waals surface area contributed by atoms with Gasteiger partial charge in [-0.3, -0.25) is 4.90 Å². The zero-order valence-electron chi connectivity index (χ0n) is 13.6. The molecule has 4 heteroatoms. The molecule has 0 spiro atoms. The molecule has 21 heavy (non-hydrogen) atoms. The highest BCUT2D eigenvalue weighted by molar-refractivity contribution is 5.24. The standard InChI is InChI=1S/C17H28N2O2/c1-16(2)11-19(12-17(3,4)21-16)10-15(20)14-7-5-13(9-18)6-8-14/h5-8,15,20H,9-12,18H2,1-4H3. The molecule has 0 saturated carbocycles. The summed E-state index contributed by atoms with van der Waals surface area (Å²) in [5.74, 6) is 0. The minimum absolute atomic E-state index is 0.190. The van der Waals surface area contributed by atoms with Crippen LogP contribution in [0, 0.1) is 0 Å². The van der Waals surface area contributed by atoms with Gasteiger partial charge in [-0.25, -0.2) is 0 Å². The van der Waals surface area contributed by atoms with Crippen LogP contribution in [0.15, 0.2) is 24.3 Å². The summed E-state index contributed by atoms with van der Waals surface area (Å²) in [5, 5.41) is 10.5. The second-order valence-corrected chi connectivity index (χ2v) is 7.25. The predicted molar refractivity (Wildman–Crippen MR) is 85.0 cm³/mol. The molecule has 0 amide bonds. The number of nitrogens with zero attached hydrogens (tertiary/aromatic N) is 1. The van der Waals surface area contributed by atoms with Crippen molar-refractivity contribution in [2.24, 2.45) is 5.73 Å². The number of nitrogens with two attached hydrogens (primary N) is 1. The molecule has 4 nitrogen and oxygen atoms in total. The number of rotatable bonds is 4. The van der Waals surface area contributed by atoms with Crippen molar-refractivity contribution in [3.63, 3.8) is 0 Å².